The van der Waals surface area contributed by atoms with Crippen LogP contribution in [0.15, 0.2) is 11.4 Å². The van der Waals surface area contributed by atoms with E-state index >= 15 is 0 Å². The molecular formula is C12H21NS. The molecule has 0 fully saturated rings. The SMILES string of the molecule is Cc1ccsc1CN(C(C)C)C(C)C. The summed E-state index contributed by atoms with van der Waals surface area (Å²) in [5.41, 5.74) is 1.43. The summed E-state index contributed by atoms with van der Waals surface area (Å²) in [5, 5.41) is 2.18. The van der Waals surface area contributed by atoms with Gasteiger partial charge in [0.25, 0.3) is 0 Å². The molecule has 0 aliphatic rings. The molecule has 0 unspecified atom stereocenters. The van der Waals surface area contributed by atoms with Gasteiger partial charge in [0, 0.05) is 23.5 Å². The van der Waals surface area contributed by atoms with Gasteiger partial charge >= 0.3 is 0 Å². The summed E-state index contributed by atoms with van der Waals surface area (Å²) in [4.78, 5) is 4.03. The summed E-state index contributed by atoms with van der Waals surface area (Å²) < 4.78 is 0. The van der Waals surface area contributed by atoms with Crippen molar-refractivity contribution in [1.29, 1.82) is 0 Å². The van der Waals surface area contributed by atoms with Crippen LogP contribution in [-0.4, -0.2) is 17.0 Å². The molecule has 0 aliphatic heterocycles. The molecule has 0 amide bonds. The van der Waals surface area contributed by atoms with E-state index in [1.54, 1.807) is 0 Å². The fourth-order valence-electron chi connectivity index (χ4n) is 1.69. The van der Waals surface area contributed by atoms with Crippen LogP contribution in [-0.2, 0) is 6.54 Å². The number of rotatable bonds is 4. The molecule has 0 saturated carbocycles. The van der Waals surface area contributed by atoms with Crippen LogP contribution in [0.2, 0.25) is 0 Å². The number of aryl methyl sites for hydroxylation is 1. The lowest BCUT2D eigenvalue weighted by atomic mass is 10.2. The summed E-state index contributed by atoms with van der Waals surface area (Å²) in [6.45, 7) is 12.4. The van der Waals surface area contributed by atoms with E-state index in [9.17, 15) is 0 Å². The highest BCUT2D eigenvalue weighted by molar-refractivity contribution is 7.10. The fourth-order valence-corrected chi connectivity index (χ4v) is 2.61. The highest BCUT2D eigenvalue weighted by atomic mass is 32.1. The van der Waals surface area contributed by atoms with Crippen molar-refractivity contribution in [3.8, 4) is 0 Å². The molecule has 0 atom stereocenters. The van der Waals surface area contributed by atoms with E-state index in [-0.39, 0.29) is 0 Å². The molecule has 80 valence electrons. The maximum absolute atomic E-state index is 2.53. The van der Waals surface area contributed by atoms with Gasteiger partial charge in [-0.25, -0.2) is 0 Å². The molecule has 0 aromatic carbocycles. The molecule has 0 saturated heterocycles. The first-order valence-corrected chi connectivity index (χ1v) is 6.19. The molecule has 1 aromatic heterocycles. The molecular weight excluding hydrogens is 190 g/mol. The number of hydrogen-bond donors (Lipinski definition) is 0. The van der Waals surface area contributed by atoms with Gasteiger partial charge in [-0.3, -0.25) is 4.90 Å². The first kappa shape index (κ1) is 11.7. The lowest BCUT2D eigenvalue weighted by Crippen LogP contribution is -2.36. The minimum atomic E-state index is 0.622. The van der Waals surface area contributed by atoms with Crippen LogP contribution in [0, 0.1) is 6.92 Å². The molecule has 0 aliphatic carbocycles. The van der Waals surface area contributed by atoms with Crippen molar-refractivity contribution in [2.45, 2.75) is 53.2 Å². The van der Waals surface area contributed by atoms with Crippen molar-refractivity contribution in [3.63, 3.8) is 0 Å². The molecule has 1 nitrogen and oxygen atoms in total. The quantitative estimate of drug-likeness (QED) is 0.734. The third-order valence-electron chi connectivity index (χ3n) is 2.62. The van der Waals surface area contributed by atoms with Crippen LogP contribution < -0.4 is 0 Å². The average molecular weight is 211 g/mol. The normalized spacial score (nSPS) is 12.0. The highest BCUT2D eigenvalue weighted by Gasteiger charge is 2.14. The van der Waals surface area contributed by atoms with Crippen LogP contribution in [0.25, 0.3) is 0 Å². The van der Waals surface area contributed by atoms with Crippen LogP contribution >= 0.6 is 11.3 Å². The van der Waals surface area contributed by atoms with E-state index in [0.717, 1.165) is 6.54 Å². The van der Waals surface area contributed by atoms with E-state index in [1.807, 2.05) is 11.3 Å². The molecule has 14 heavy (non-hydrogen) atoms. The Morgan fingerprint density at radius 2 is 1.79 bits per heavy atom. The molecule has 1 heterocycles. The monoisotopic (exact) mass is 211 g/mol. The third kappa shape index (κ3) is 2.82. The van der Waals surface area contributed by atoms with Gasteiger partial charge in [-0.15, -0.1) is 11.3 Å². The Balaban J connectivity index is 2.70. The standard InChI is InChI=1S/C12H21NS/c1-9(2)13(10(3)4)8-12-11(5)6-7-14-12/h6-7,9-10H,8H2,1-5H3. The molecule has 0 N–H and O–H groups in total. The summed E-state index contributed by atoms with van der Waals surface area (Å²) >= 11 is 1.87. The van der Waals surface area contributed by atoms with Crippen molar-refractivity contribution in [2.75, 3.05) is 0 Å². The Hall–Kier alpha value is -0.340. The molecule has 0 bridgehead atoms. The van der Waals surface area contributed by atoms with Gasteiger partial charge in [0.2, 0.25) is 0 Å². The zero-order valence-corrected chi connectivity index (χ0v) is 10.7. The molecule has 1 rings (SSSR count). The maximum atomic E-state index is 2.53. The van der Waals surface area contributed by atoms with Gasteiger partial charge in [0.05, 0.1) is 0 Å². The van der Waals surface area contributed by atoms with Crippen molar-refractivity contribution < 1.29 is 0 Å². The Morgan fingerprint density at radius 3 is 2.14 bits per heavy atom. The van der Waals surface area contributed by atoms with E-state index in [0.29, 0.717) is 12.1 Å². The van der Waals surface area contributed by atoms with E-state index < -0.39 is 0 Å². The minimum Gasteiger partial charge on any atom is -0.293 e. The summed E-state index contributed by atoms with van der Waals surface area (Å²) in [6.07, 6.45) is 0. The summed E-state index contributed by atoms with van der Waals surface area (Å²) in [7, 11) is 0. The predicted molar refractivity (Wildman–Crippen MR) is 64.9 cm³/mol. The second-order valence-electron chi connectivity index (χ2n) is 4.39. The number of hydrogen-bond acceptors (Lipinski definition) is 2. The summed E-state index contributed by atoms with van der Waals surface area (Å²) in [6, 6.07) is 3.45. The topological polar surface area (TPSA) is 3.24 Å². The Morgan fingerprint density at radius 1 is 1.21 bits per heavy atom. The van der Waals surface area contributed by atoms with Crippen LogP contribution in [0.1, 0.15) is 38.1 Å². The van der Waals surface area contributed by atoms with Crippen molar-refractivity contribution in [3.05, 3.63) is 21.9 Å². The number of nitrogens with zero attached hydrogens (tertiary/aromatic N) is 1. The Bertz CT molecular complexity index is 268. The molecule has 0 spiro atoms. The van der Waals surface area contributed by atoms with Crippen molar-refractivity contribution in [1.82, 2.24) is 4.90 Å². The minimum absolute atomic E-state index is 0.622. The lowest BCUT2D eigenvalue weighted by molar-refractivity contribution is 0.167. The third-order valence-corrected chi connectivity index (χ3v) is 3.63. The smallest absolute Gasteiger partial charge is 0.0335 e. The fraction of sp³-hybridized carbons (Fsp3) is 0.667. The molecule has 1 aromatic rings. The van der Waals surface area contributed by atoms with Crippen molar-refractivity contribution in [2.24, 2.45) is 0 Å². The second kappa shape index (κ2) is 4.94. The Labute approximate surface area is 91.8 Å². The van der Waals surface area contributed by atoms with Crippen LogP contribution in [0.3, 0.4) is 0 Å². The first-order chi connectivity index (χ1) is 6.52. The van der Waals surface area contributed by atoms with Crippen molar-refractivity contribution >= 4 is 11.3 Å². The van der Waals surface area contributed by atoms with Gasteiger partial charge in [-0.2, -0.15) is 0 Å². The zero-order valence-electron chi connectivity index (χ0n) is 9.87. The largest absolute Gasteiger partial charge is 0.293 e. The van der Waals surface area contributed by atoms with E-state index in [2.05, 4.69) is 51.0 Å². The zero-order chi connectivity index (χ0) is 10.7. The average Bonchev–Trinajstić information content (AvgIpc) is 2.46. The van der Waals surface area contributed by atoms with E-state index in [4.69, 9.17) is 0 Å². The molecule has 2 heteroatoms. The summed E-state index contributed by atoms with van der Waals surface area (Å²) in [5.74, 6) is 0. The van der Waals surface area contributed by atoms with Crippen LogP contribution in [0.5, 0.6) is 0 Å². The van der Waals surface area contributed by atoms with Gasteiger partial charge in [-0.1, -0.05) is 0 Å². The van der Waals surface area contributed by atoms with Gasteiger partial charge < -0.3 is 0 Å². The molecule has 0 radical (unpaired) electrons. The van der Waals surface area contributed by atoms with E-state index in [1.165, 1.54) is 10.4 Å². The van der Waals surface area contributed by atoms with Crippen LogP contribution in [0.4, 0.5) is 0 Å². The number of thiophene rings is 1. The lowest BCUT2D eigenvalue weighted by Gasteiger charge is -2.30. The van der Waals surface area contributed by atoms with Gasteiger partial charge in [-0.05, 0) is 51.6 Å². The van der Waals surface area contributed by atoms with Gasteiger partial charge in [0.15, 0.2) is 0 Å². The Kier molecular flexibility index (Phi) is 4.14. The maximum Gasteiger partial charge on any atom is 0.0335 e. The highest BCUT2D eigenvalue weighted by Crippen LogP contribution is 2.20. The first-order valence-electron chi connectivity index (χ1n) is 5.31. The predicted octanol–water partition coefficient (Wildman–Crippen LogP) is 3.68. The van der Waals surface area contributed by atoms with Gasteiger partial charge in [0.1, 0.15) is 0 Å². The second-order valence-corrected chi connectivity index (χ2v) is 5.39.